The number of fused-ring (bicyclic) bond motifs is 2. The van der Waals surface area contributed by atoms with Crippen molar-refractivity contribution in [3.05, 3.63) is 58.0 Å². The van der Waals surface area contributed by atoms with Crippen molar-refractivity contribution in [2.45, 2.75) is 13.0 Å². The molecule has 0 spiro atoms. The molecule has 0 saturated heterocycles. The summed E-state index contributed by atoms with van der Waals surface area (Å²) in [5.74, 6) is 0.956. The fourth-order valence-corrected chi connectivity index (χ4v) is 4.45. The summed E-state index contributed by atoms with van der Waals surface area (Å²) >= 11 is 1.29. The molecular weight excluding hydrogens is 418 g/mol. The highest BCUT2D eigenvalue weighted by Gasteiger charge is 2.26. The number of para-hydroxylation sites is 2. The Hall–Kier alpha value is -3.79. The van der Waals surface area contributed by atoms with Crippen LogP contribution in [0, 0.1) is 0 Å². The molecule has 0 bridgehead atoms. The zero-order valence-electron chi connectivity index (χ0n) is 16.4. The molecule has 2 aliphatic heterocycles. The van der Waals surface area contributed by atoms with E-state index >= 15 is 0 Å². The molecule has 0 atom stereocenters. The number of hydrogen-bond acceptors (Lipinski definition) is 7. The lowest BCUT2D eigenvalue weighted by molar-refractivity contribution is 0.102. The summed E-state index contributed by atoms with van der Waals surface area (Å²) in [6.07, 6.45) is 0.584. The van der Waals surface area contributed by atoms with E-state index in [1.807, 2.05) is 0 Å². The fourth-order valence-electron chi connectivity index (χ4n) is 3.43. The summed E-state index contributed by atoms with van der Waals surface area (Å²) in [5, 5.41) is 6.03. The standard InChI is InChI=1S/C21H19N5O4S/c22-13-3-1-2-4-14(13)24-19(27)20-25-15-7-8-26(10-18(15)31-20)21(28)23-12-5-6-16-17(9-12)30-11-29-16/h1-6,9H,7-8,10-11,22H2,(H,23,28)(H,24,27). The third-order valence-electron chi connectivity index (χ3n) is 5.05. The topological polar surface area (TPSA) is 119 Å². The molecule has 4 N–H and O–H groups in total. The number of rotatable bonds is 3. The Morgan fingerprint density at radius 1 is 1.10 bits per heavy atom. The normalized spacial score (nSPS) is 14.1. The first-order valence-electron chi connectivity index (χ1n) is 9.67. The number of carbonyl (C=O) groups excluding carboxylic acids is 2. The van der Waals surface area contributed by atoms with Crippen LogP contribution in [0.5, 0.6) is 11.5 Å². The Bertz CT molecular complexity index is 1180. The maximum atomic E-state index is 12.7. The second-order valence-corrected chi connectivity index (χ2v) is 8.18. The largest absolute Gasteiger partial charge is 0.454 e. The van der Waals surface area contributed by atoms with E-state index in [2.05, 4.69) is 15.6 Å². The minimum absolute atomic E-state index is 0.180. The highest BCUT2D eigenvalue weighted by Crippen LogP contribution is 2.34. The van der Waals surface area contributed by atoms with Gasteiger partial charge in [0.25, 0.3) is 5.91 Å². The molecule has 158 valence electrons. The number of carbonyl (C=O) groups is 2. The first-order chi connectivity index (χ1) is 15.1. The van der Waals surface area contributed by atoms with E-state index in [4.69, 9.17) is 15.2 Å². The molecule has 0 aliphatic carbocycles. The number of nitrogens with two attached hydrogens (primary N) is 1. The van der Waals surface area contributed by atoms with Crippen LogP contribution in [0.3, 0.4) is 0 Å². The van der Waals surface area contributed by atoms with Gasteiger partial charge in [-0.25, -0.2) is 9.78 Å². The number of nitrogens with one attached hydrogen (secondary N) is 2. The second kappa shape index (κ2) is 7.80. The molecule has 2 aromatic carbocycles. The van der Waals surface area contributed by atoms with Gasteiger partial charge in [0.05, 0.1) is 23.6 Å². The molecule has 0 fully saturated rings. The van der Waals surface area contributed by atoms with Gasteiger partial charge in [-0.15, -0.1) is 11.3 Å². The molecule has 0 unspecified atom stereocenters. The number of anilines is 3. The Labute approximate surface area is 181 Å². The van der Waals surface area contributed by atoms with Crippen LogP contribution < -0.4 is 25.8 Å². The summed E-state index contributed by atoms with van der Waals surface area (Å²) in [6, 6.07) is 12.1. The quantitative estimate of drug-likeness (QED) is 0.541. The minimum atomic E-state index is -0.311. The third-order valence-corrected chi connectivity index (χ3v) is 6.13. The van der Waals surface area contributed by atoms with E-state index in [1.165, 1.54) is 11.3 Å². The van der Waals surface area contributed by atoms with Crippen LogP contribution in [0.4, 0.5) is 21.9 Å². The fraction of sp³-hybridized carbons (Fsp3) is 0.190. The molecule has 9 nitrogen and oxygen atoms in total. The van der Waals surface area contributed by atoms with Gasteiger partial charge in [-0.1, -0.05) is 12.1 Å². The van der Waals surface area contributed by atoms with Gasteiger partial charge < -0.3 is 30.7 Å². The van der Waals surface area contributed by atoms with Crippen molar-refractivity contribution in [3.8, 4) is 11.5 Å². The Morgan fingerprint density at radius 3 is 2.81 bits per heavy atom. The molecule has 5 rings (SSSR count). The number of amides is 3. The summed E-state index contributed by atoms with van der Waals surface area (Å²) < 4.78 is 10.6. The van der Waals surface area contributed by atoms with Crippen LogP contribution in [-0.4, -0.2) is 35.2 Å². The molecule has 3 amide bonds. The van der Waals surface area contributed by atoms with E-state index in [-0.39, 0.29) is 18.7 Å². The predicted octanol–water partition coefficient (Wildman–Crippen LogP) is 3.30. The van der Waals surface area contributed by atoms with Crippen molar-refractivity contribution in [2.75, 3.05) is 29.7 Å². The van der Waals surface area contributed by atoms with Gasteiger partial charge in [0.15, 0.2) is 16.5 Å². The summed E-state index contributed by atoms with van der Waals surface area (Å²) in [6.45, 7) is 1.09. The van der Waals surface area contributed by atoms with Crippen LogP contribution in [0.15, 0.2) is 42.5 Å². The number of thiazole rings is 1. The van der Waals surface area contributed by atoms with Gasteiger partial charge in [-0.05, 0) is 24.3 Å². The molecule has 3 heterocycles. The van der Waals surface area contributed by atoms with Crippen molar-refractivity contribution in [3.63, 3.8) is 0 Å². The molecule has 0 saturated carbocycles. The Morgan fingerprint density at radius 2 is 1.94 bits per heavy atom. The van der Waals surface area contributed by atoms with E-state index in [0.717, 1.165) is 10.6 Å². The van der Waals surface area contributed by atoms with Crippen LogP contribution in [-0.2, 0) is 13.0 Å². The van der Waals surface area contributed by atoms with Crippen LogP contribution >= 0.6 is 11.3 Å². The monoisotopic (exact) mass is 437 g/mol. The first-order valence-corrected chi connectivity index (χ1v) is 10.5. The lowest BCUT2D eigenvalue weighted by Gasteiger charge is -2.26. The number of aromatic nitrogens is 1. The van der Waals surface area contributed by atoms with Crippen molar-refractivity contribution >= 4 is 40.3 Å². The minimum Gasteiger partial charge on any atom is -0.454 e. The van der Waals surface area contributed by atoms with Gasteiger partial charge in [0, 0.05) is 29.6 Å². The number of ether oxygens (including phenoxy) is 2. The number of hydrogen-bond donors (Lipinski definition) is 3. The zero-order valence-corrected chi connectivity index (χ0v) is 17.2. The number of benzene rings is 2. The third kappa shape index (κ3) is 3.84. The SMILES string of the molecule is Nc1ccccc1NC(=O)c1nc2c(s1)CN(C(=O)Nc1ccc3c(c1)OCO3)CC2. The highest BCUT2D eigenvalue weighted by molar-refractivity contribution is 7.13. The summed E-state index contributed by atoms with van der Waals surface area (Å²) in [4.78, 5) is 32.4. The molecule has 3 aromatic rings. The highest BCUT2D eigenvalue weighted by atomic mass is 32.1. The zero-order chi connectivity index (χ0) is 21.4. The van der Waals surface area contributed by atoms with Crippen LogP contribution in [0.25, 0.3) is 0 Å². The van der Waals surface area contributed by atoms with Gasteiger partial charge >= 0.3 is 6.03 Å². The molecule has 10 heteroatoms. The van der Waals surface area contributed by atoms with Crippen molar-refractivity contribution in [2.24, 2.45) is 0 Å². The van der Waals surface area contributed by atoms with Gasteiger partial charge in [0.2, 0.25) is 6.79 Å². The molecule has 31 heavy (non-hydrogen) atoms. The molecule has 2 aliphatic rings. The lowest BCUT2D eigenvalue weighted by atomic mass is 10.2. The van der Waals surface area contributed by atoms with Crippen molar-refractivity contribution < 1.29 is 19.1 Å². The number of urea groups is 1. The maximum Gasteiger partial charge on any atom is 0.322 e. The number of nitrogens with zero attached hydrogens (tertiary/aromatic N) is 2. The number of nitrogen functional groups attached to an aromatic ring is 1. The lowest BCUT2D eigenvalue weighted by Crippen LogP contribution is -2.38. The van der Waals surface area contributed by atoms with Crippen LogP contribution in [0.2, 0.25) is 0 Å². The van der Waals surface area contributed by atoms with E-state index in [0.29, 0.717) is 53.1 Å². The van der Waals surface area contributed by atoms with Gasteiger partial charge in [0.1, 0.15) is 0 Å². The first kappa shape index (κ1) is 19.2. The summed E-state index contributed by atoms with van der Waals surface area (Å²) in [7, 11) is 0. The van der Waals surface area contributed by atoms with Crippen LogP contribution in [0.1, 0.15) is 20.4 Å². The molecular formula is C21H19N5O4S. The van der Waals surface area contributed by atoms with E-state index < -0.39 is 0 Å². The van der Waals surface area contributed by atoms with Gasteiger partial charge in [-0.2, -0.15) is 0 Å². The smallest absolute Gasteiger partial charge is 0.322 e. The Balaban J connectivity index is 1.25. The average molecular weight is 437 g/mol. The average Bonchev–Trinajstić information content (AvgIpc) is 3.41. The maximum absolute atomic E-state index is 12.7. The second-order valence-electron chi connectivity index (χ2n) is 7.10. The molecule has 0 radical (unpaired) electrons. The van der Waals surface area contributed by atoms with E-state index in [9.17, 15) is 9.59 Å². The van der Waals surface area contributed by atoms with E-state index in [1.54, 1.807) is 47.4 Å². The predicted molar refractivity (Wildman–Crippen MR) is 117 cm³/mol. The van der Waals surface area contributed by atoms with Crippen molar-refractivity contribution in [1.29, 1.82) is 0 Å². The molecule has 1 aromatic heterocycles. The van der Waals surface area contributed by atoms with Crippen molar-refractivity contribution in [1.82, 2.24) is 9.88 Å². The van der Waals surface area contributed by atoms with Gasteiger partial charge in [-0.3, -0.25) is 4.79 Å². The Kier molecular flexibility index (Phi) is 4.83. The summed E-state index contributed by atoms with van der Waals surface area (Å²) in [5.41, 5.74) is 8.41.